The normalized spacial score (nSPS) is 41.0. The summed E-state index contributed by atoms with van der Waals surface area (Å²) in [5.74, 6) is 1.07. The van der Waals surface area contributed by atoms with Gasteiger partial charge in [-0.25, -0.2) is 0 Å². The summed E-state index contributed by atoms with van der Waals surface area (Å²) in [4.78, 5) is 2.51. The Bertz CT molecular complexity index is 103. The molecular formula is C7H14BrN. The van der Waals surface area contributed by atoms with Crippen LogP contribution in [0.1, 0.15) is 19.3 Å². The molecule has 0 aromatic heterocycles. The molecule has 54 valence electrons. The molecule has 0 aromatic rings. The van der Waals surface area contributed by atoms with E-state index >= 15 is 0 Å². The van der Waals surface area contributed by atoms with Crippen molar-refractivity contribution < 1.29 is 0 Å². The molecule has 1 nitrogen and oxygen atoms in total. The van der Waals surface area contributed by atoms with Crippen LogP contribution in [0.25, 0.3) is 0 Å². The van der Waals surface area contributed by atoms with Crippen molar-refractivity contribution >= 4 is 17.0 Å². The molecule has 1 saturated carbocycles. The predicted octanol–water partition coefficient (Wildman–Crippen LogP) is 1.68. The maximum atomic E-state index is 2.51. The number of hydrogen-bond acceptors (Lipinski definition) is 1. The Hall–Kier alpha value is 0.440. The van der Waals surface area contributed by atoms with Crippen molar-refractivity contribution in [2.75, 3.05) is 13.6 Å². The summed E-state index contributed by atoms with van der Waals surface area (Å²) < 4.78 is 0. The van der Waals surface area contributed by atoms with Gasteiger partial charge in [-0.15, -0.1) is 17.0 Å². The van der Waals surface area contributed by atoms with E-state index in [1.807, 2.05) is 0 Å². The van der Waals surface area contributed by atoms with Crippen LogP contribution in [0.4, 0.5) is 0 Å². The van der Waals surface area contributed by atoms with Crippen LogP contribution in [0, 0.1) is 5.92 Å². The molecule has 9 heavy (non-hydrogen) atoms. The van der Waals surface area contributed by atoms with Gasteiger partial charge in [0.25, 0.3) is 0 Å². The maximum Gasteiger partial charge on any atom is 0.00955 e. The SMILES string of the molecule is Br.CN1CC2CC[C@H]1C2. The Morgan fingerprint density at radius 3 is 2.33 bits per heavy atom. The molecule has 1 saturated heterocycles. The number of piperidine rings is 1. The number of rotatable bonds is 0. The fourth-order valence-corrected chi connectivity index (χ4v) is 2.17. The van der Waals surface area contributed by atoms with Gasteiger partial charge in [-0.05, 0) is 32.2 Å². The first kappa shape index (κ1) is 7.55. The molecule has 1 aliphatic heterocycles. The molecule has 0 radical (unpaired) electrons. The number of likely N-dealkylation sites (tertiary alicyclic amines) is 1. The molecule has 1 unspecified atom stereocenters. The average Bonchev–Trinajstić information content (AvgIpc) is 2.23. The second kappa shape index (κ2) is 2.59. The van der Waals surface area contributed by atoms with Crippen LogP contribution in [0.5, 0.6) is 0 Å². The first-order chi connectivity index (χ1) is 3.86. The summed E-state index contributed by atoms with van der Waals surface area (Å²) in [7, 11) is 2.25. The third-order valence-electron chi connectivity index (χ3n) is 2.68. The monoisotopic (exact) mass is 191 g/mol. The second-order valence-electron chi connectivity index (χ2n) is 3.27. The van der Waals surface area contributed by atoms with Crippen molar-refractivity contribution in [3.8, 4) is 0 Å². The van der Waals surface area contributed by atoms with E-state index < -0.39 is 0 Å². The molecule has 2 heteroatoms. The molecule has 2 fully saturated rings. The van der Waals surface area contributed by atoms with E-state index in [1.165, 1.54) is 25.8 Å². The van der Waals surface area contributed by atoms with Crippen molar-refractivity contribution in [2.24, 2.45) is 5.92 Å². The Morgan fingerprint density at radius 2 is 2.11 bits per heavy atom. The standard InChI is InChI=1S/C7H13N.BrH/c1-8-5-6-2-3-7(8)4-6;/h6-7H,2-5H2,1H3;1H/t6?,7-;/m0./s1. The van der Waals surface area contributed by atoms with E-state index in [2.05, 4.69) is 11.9 Å². The minimum Gasteiger partial charge on any atom is -0.303 e. The van der Waals surface area contributed by atoms with Gasteiger partial charge in [-0.2, -0.15) is 0 Å². The smallest absolute Gasteiger partial charge is 0.00955 e. The van der Waals surface area contributed by atoms with Gasteiger partial charge < -0.3 is 4.90 Å². The summed E-state index contributed by atoms with van der Waals surface area (Å²) in [6.45, 7) is 1.38. The lowest BCUT2D eigenvalue weighted by Crippen LogP contribution is -2.27. The van der Waals surface area contributed by atoms with E-state index in [-0.39, 0.29) is 17.0 Å². The van der Waals surface area contributed by atoms with Crippen LogP contribution in [0.15, 0.2) is 0 Å². The molecule has 0 amide bonds. The molecule has 1 aliphatic carbocycles. The zero-order valence-electron chi connectivity index (χ0n) is 5.84. The lowest BCUT2D eigenvalue weighted by Gasteiger charge is -2.20. The van der Waals surface area contributed by atoms with E-state index in [1.54, 1.807) is 0 Å². The lowest BCUT2D eigenvalue weighted by atomic mass is 10.1. The third kappa shape index (κ3) is 1.15. The summed E-state index contributed by atoms with van der Waals surface area (Å²) >= 11 is 0. The highest BCUT2D eigenvalue weighted by Gasteiger charge is 2.34. The van der Waals surface area contributed by atoms with E-state index in [0.29, 0.717) is 0 Å². The minimum absolute atomic E-state index is 0. The molecule has 2 rings (SSSR count). The predicted molar refractivity (Wildman–Crippen MR) is 44.1 cm³/mol. The van der Waals surface area contributed by atoms with Crippen LogP contribution in [-0.2, 0) is 0 Å². The first-order valence-electron chi connectivity index (χ1n) is 3.56. The van der Waals surface area contributed by atoms with Crippen LogP contribution in [0.3, 0.4) is 0 Å². The van der Waals surface area contributed by atoms with Gasteiger partial charge in [0.1, 0.15) is 0 Å². The van der Waals surface area contributed by atoms with Crippen molar-refractivity contribution in [3.63, 3.8) is 0 Å². The zero-order chi connectivity index (χ0) is 5.56. The summed E-state index contributed by atoms with van der Waals surface area (Å²) in [6.07, 6.45) is 4.48. The van der Waals surface area contributed by atoms with Crippen LogP contribution in [-0.4, -0.2) is 24.5 Å². The number of fused-ring (bicyclic) bond motifs is 2. The van der Waals surface area contributed by atoms with Crippen molar-refractivity contribution in [3.05, 3.63) is 0 Å². The van der Waals surface area contributed by atoms with E-state index in [9.17, 15) is 0 Å². The Labute approximate surface area is 67.2 Å². The largest absolute Gasteiger partial charge is 0.303 e. The van der Waals surface area contributed by atoms with Crippen LogP contribution in [0.2, 0.25) is 0 Å². The molecule has 1 heterocycles. The highest BCUT2D eigenvalue weighted by atomic mass is 79.9. The molecule has 2 atom stereocenters. The quantitative estimate of drug-likeness (QED) is 0.564. The summed E-state index contributed by atoms with van der Waals surface area (Å²) in [5, 5.41) is 0. The molecule has 0 aromatic carbocycles. The second-order valence-corrected chi connectivity index (χ2v) is 3.27. The van der Waals surface area contributed by atoms with Gasteiger partial charge in [-0.3, -0.25) is 0 Å². The number of halogens is 1. The molecular weight excluding hydrogens is 178 g/mol. The van der Waals surface area contributed by atoms with E-state index in [0.717, 1.165) is 12.0 Å². The van der Waals surface area contributed by atoms with Crippen molar-refractivity contribution in [2.45, 2.75) is 25.3 Å². The highest BCUT2D eigenvalue weighted by molar-refractivity contribution is 8.93. The van der Waals surface area contributed by atoms with Crippen LogP contribution >= 0.6 is 17.0 Å². The van der Waals surface area contributed by atoms with Gasteiger partial charge in [0.15, 0.2) is 0 Å². The van der Waals surface area contributed by atoms with Gasteiger partial charge in [-0.1, -0.05) is 0 Å². The lowest BCUT2D eigenvalue weighted by molar-refractivity contribution is 0.261. The molecule has 2 bridgehead atoms. The van der Waals surface area contributed by atoms with Gasteiger partial charge in [0, 0.05) is 12.6 Å². The van der Waals surface area contributed by atoms with Gasteiger partial charge in [0.05, 0.1) is 0 Å². The number of nitrogens with zero attached hydrogens (tertiary/aromatic N) is 1. The zero-order valence-corrected chi connectivity index (χ0v) is 7.55. The maximum absolute atomic E-state index is 2.51. The highest BCUT2D eigenvalue weighted by Crippen LogP contribution is 2.35. The van der Waals surface area contributed by atoms with Gasteiger partial charge in [0.2, 0.25) is 0 Å². The Kier molecular flexibility index (Phi) is 2.17. The van der Waals surface area contributed by atoms with Crippen molar-refractivity contribution in [1.29, 1.82) is 0 Å². The van der Waals surface area contributed by atoms with Gasteiger partial charge >= 0.3 is 0 Å². The molecule has 0 N–H and O–H groups in total. The first-order valence-corrected chi connectivity index (χ1v) is 3.56. The van der Waals surface area contributed by atoms with E-state index in [4.69, 9.17) is 0 Å². The topological polar surface area (TPSA) is 3.24 Å². The van der Waals surface area contributed by atoms with Crippen LogP contribution < -0.4 is 0 Å². The fourth-order valence-electron chi connectivity index (χ4n) is 2.17. The average molecular weight is 192 g/mol. The Morgan fingerprint density at radius 1 is 1.33 bits per heavy atom. The summed E-state index contributed by atoms with van der Waals surface area (Å²) in [6, 6.07) is 0.972. The minimum atomic E-state index is 0. The summed E-state index contributed by atoms with van der Waals surface area (Å²) in [5.41, 5.74) is 0. The fraction of sp³-hybridized carbons (Fsp3) is 1.00. The molecule has 2 aliphatic rings. The number of hydrogen-bond donors (Lipinski definition) is 0. The Balaban J connectivity index is 0.000000405. The molecule has 0 spiro atoms. The van der Waals surface area contributed by atoms with Crippen molar-refractivity contribution in [1.82, 2.24) is 4.90 Å². The third-order valence-corrected chi connectivity index (χ3v) is 2.68.